The second kappa shape index (κ2) is 4.79. The molecule has 19 heavy (non-hydrogen) atoms. The lowest BCUT2D eigenvalue weighted by Crippen LogP contribution is -2.45. The molecule has 0 aromatic rings. The summed E-state index contributed by atoms with van der Waals surface area (Å²) in [4.78, 5) is 22.2. The fourth-order valence-corrected chi connectivity index (χ4v) is 2.59. The molecule has 0 aromatic carbocycles. The summed E-state index contributed by atoms with van der Waals surface area (Å²) in [6.07, 6.45) is 11.5. The molecule has 2 aliphatic heterocycles. The van der Waals surface area contributed by atoms with E-state index >= 15 is 0 Å². The van der Waals surface area contributed by atoms with E-state index in [0.29, 0.717) is 6.61 Å². The highest BCUT2D eigenvalue weighted by Crippen LogP contribution is 2.41. The molecule has 3 aliphatic rings. The highest BCUT2D eigenvalue weighted by atomic mass is 17.2. The van der Waals surface area contributed by atoms with Gasteiger partial charge in [-0.15, -0.1) is 0 Å². The van der Waals surface area contributed by atoms with Crippen molar-refractivity contribution in [1.82, 2.24) is 0 Å². The van der Waals surface area contributed by atoms with Crippen molar-refractivity contribution in [2.24, 2.45) is 0 Å². The minimum absolute atomic E-state index is 0.156. The minimum Gasteiger partial charge on any atom is -0.459 e. The molecule has 3 rings (SSSR count). The lowest BCUT2D eigenvalue weighted by molar-refractivity contribution is -0.338. The van der Waals surface area contributed by atoms with Crippen molar-refractivity contribution >= 4 is 5.97 Å². The molecule has 1 atom stereocenters. The number of hydrogen-bond acceptors (Lipinski definition) is 4. The van der Waals surface area contributed by atoms with E-state index in [1.165, 1.54) is 11.6 Å². The van der Waals surface area contributed by atoms with Gasteiger partial charge in [-0.05, 0) is 17.6 Å². The Bertz CT molecular complexity index is 520. The fourth-order valence-electron chi connectivity index (χ4n) is 2.59. The Balaban J connectivity index is 2.10. The third kappa shape index (κ3) is 2.07. The van der Waals surface area contributed by atoms with E-state index in [9.17, 15) is 4.79 Å². The number of allylic oxidation sites excluding steroid dienone is 2. The van der Waals surface area contributed by atoms with Gasteiger partial charge in [0.15, 0.2) is 5.60 Å². The van der Waals surface area contributed by atoms with Crippen LogP contribution in [0.25, 0.3) is 0 Å². The maximum atomic E-state index is 11.5. The maximum absolute atomic E-state index is 11.5. The van der Waals surface area contributed by atoms with Crippen LogP contribution in [0.4, 0.5) is 0 Å². The molecule has 4 nitrogen and oxygen atoms in total. The summed E-state index contributed by atoms with van der Waals surface area (Å²) in [5.41, 5.74) is 2.20. The standard InChI is InChI=1S/C15H16O4/c1-2-4-11-7-12-5-3-6-18-19-15(12)10-17-14(16)9-13(15)8-11/h3,5,7-9H,2,4,6,10H2,1H3. The van der Waals surface area contributed by atoms with Gasteiger partial charge < -0.3 is 4.74 Å². The molecule has 0 N–H and O–H groups in total. The molecular weight excluding hydrogens is 244 g/mol. The van der Waals surface area contributed by atoms with Crippen LogP contribution < -0.4 is 0 Å². The van der Waals surface area contributed by atoms with Crippen molar-refractivity contribution < 1.29 is 19.3 Å². The molecule has 0 saturated carbocycles. The molecular formula is C15H16O4. The van der Waals surface area contributed by atoms with Gasteiger partial charge in [-0.1, -0.05) is 37.6 Å². The van der Waals surface area contributed by atoms with Crippen molar-refractivity contribution in [1.29, 1.82) is 0 Å². The van der Waals surface area contributed by atoms with Gasteiger partial charge >= 0.3 is 5.97 Å². The number of carbonyl (C=O) groups is 1. The normalized spacial score (nSPS) is 29.3. The lowest BCUT2D eigenvalue weighted by atomic mass is 9.78. The van der Waals surface area contributed by atoms with Gasteiger partial charge in [-0.3, -0.25) is 0 Å². The summed E-state index contributed by atoms with van der Waals surface area (Å²) in [6, 6.07) is 0. The molecule has 0 bridgehead atoms. The first-order valence-electron chi connectivity index (χ1n) is 6.53. The van der Waals surface area contributed by atoms with Crippen LogP contribution in [-0.2, 0) is 19.3 Å². The lowest BCUT2D eigenvalue weighted by Gasteiger charge is -2.37. The first-order valence-corrected chi connectivity index (χ1v) is 6.53. The average Bonchev–Trinajstić information content (AvgIpc) is 2.59. The van der Waals surface area contributed by atoms with E-state index in [4.69, 9.17) is 14.5 Å². The molecule has 2 heterocycles. The second-order valence-corrected chi connectivity index (χ2v) is 4.87. The zero-order valence-corrected chi connectivity index (χ0v) is 10.8. The van der Waals surface area contributed by atoms with Crippen LogP contribution >= 0.6 is 0 Å². The zero-order valence-electron chi connectivity index (χ0n) is 10.8. The van der Waals surface area contributed by atoms with E-state index in [1.54, 1.807) is 0 Å². The van der Waals surface area contributed by atoms with Crippen LogP contribution in [0.15, 0.2) is 47.1 Å². The maximum Gasteiger partial charge on any atom is 0.331 e. The van der Waals surface area contributed by atoms with Crippen molar-refractivity contribution in [3.05, 3.63) is 47.1 Å². The minimum atomic E-state index is -0.794. The summed E-state index contributed by atoms with van der Waals surface area (Å²) in [6.45, 7) is 2.68. The Hall–Kier alpha value is -1.65. The number of ether oxygens (including phenoxy) is 1. The van der Waals surface area contributed by atoms with Gasteiger partial charge in [-0.25, -0.2) is 14.6 Å². The average molecular weight is 260 g/mol. The van der Waals surface area contributed by atoms with Gasteiger partial charge in [0.2, 0.25) is 0 Å². The predicted octanol–water partition coefficient (Wildman–Crippen LogP) is 2.39. The quantitative estimate of drug-likeness (QED) is 0.565. The first kappa shape index (κ1) is 12.4. The summed E-state index contributed by atoms with van der Waals surface area (Å²) in [5, 5.41) is 0. The number of hydrogen-bond donors (Lipinski definition) is 0. The summed E-state index contributed by atoms with van der Waals surface area (Å²) >= 11 is 0. The van der Waals surface area contributed by atoms with E-state index in [0.717, 1.165) is 24.0 Å². The Kier molecular flexibility index (Phi) is 3.12. The SMILES string of the molecule is CCCC1=CC2=CC(=O)OCC23OOCC=CC3=C1. The van der Waals surface area contributed by atoms with Gasteiger partial charge in [0.25, 0.3) is 0 Å². The van der Waals surface area contributed by atoms with Gasteiger partial charge in [0, 0.05) is 11.6 Å². The van der Waals surface area contributed by atoms with Gasteiger partial charge in [-0.2, -0.15) is 0 Å². The molecule has 0 aromatic heterocycles. The van der Waals surface area contributed by atoms with Crippen LogP contribution in [0.1, 0.15) is 19.8 Å². The molecule has 1 spiro atoms. The highest BCUT2D eigenvalue weighted by Gasteiger charge is 2.46. The van der Waals surface area contributed by atoms with Crippen molar-refractivity contribution in [2.75, 3.05) is 13.2 Å². The zero-order chi connectivity index (χ0) is 13.3. The van der Waals surface area contributed by atoms with Crippen molar-refractivity contribution in [3.63, 3.8) is 0 Å². The Labute approximate surface area is 112 Å². The molecule has 4 heteroatoms. The van der Waals surface area contributed by atoms with Crippen molar-refractivity contribution in [3.8, 4) is 0 Å². The van der Waals surface area contributed by atoms with E-state index in [-0.39, 0.29) is 12.6 Å². The van der Waals surface area contributed by atoms with Crippen LogP contribution in [-0.4, -0.2) is 24.8 Å². The smallest absolute Gasteiger partial charge is 0.331 e. The molecule has 1 unspecified atom stereocenters. The third-order valence-electron chi connectivity index (χ3n) is 3.51. The predicted molar refractivity (Wildman–Crippen MR) is 69.0 cm³/mol. The fraction of sp³-hybridized carbons (Fsp3) is 0.400. The van der Waals surface area contributed by atoms with Crippen LogP contribution in [0.2, 0.25) is 0 Å². The first-order chi connectivity index (χ1) is 9.24. The molecule has 0 radical (unpaired) electrons. The summed E-state index contributed by atoms with van der Waals surface area (Å²) in [5.74, 6) is -0.328. The Morgan fingerprint density at radius 2 is 2.16 bits per heavy atom. The number of esters is 1. The summed E-state index contributed by atoms with van der Waals surface area (Å²) in [7, 11) is 0. The molecule has 1 aliphatic carbocycles. The van der Waals surface area contributed by atoms with Crippen molar-refractivity contribution in [2.45, 2.75) is 25.4 Å². The Morgan fingerprint density at radius 1 is 1.26 bits per heavy atom. The topological polar surface area (TPSA) is 44.8 Å². The van der Waals surface area contributed by atoms with Crippen LogP contribution in [0.5, 0.6) is 0 Å². The number of carbonyl (C=O) groups excluding carboxylic acids is 1. The number of cyclic esters (lactones) is 1. The highest BCUT2D eigenvalue weighted by molar-refractivity contribution is 5.86. The molecule has 0 amide bonds. The monoisotopic (exact) mass is 260 g/mol. The van der Waals surface area contributed by atoms with Crippen LogP contribution in [0, 0.1) is 0 Å². The van der Waals surface area contributed by atoms with E-state index in [2.05, 4.69) is 13.0 Å². The van der Waals surface area contributed by atoms with Gasteiger partial charge in [0.1, 0.15) is 13.2 Å². The van der Waals surface area contributed by atoms with E-state index < -0.39 is 5.60 Å². The number of rotatable bonds is 2. The second-order valence-electron chi connectivity index (χ2n) is 4.87. The third-order valence-corrected chi connectivity index (χ3v) is 3.51. The molecule has 0 saturated heterocycles. The Morgan fingerprint density at radius 3 is 3.00 bits per heavy atom. The molecule has 0 fully saturated rings. The summed E-state index contributed by atoms with van der Waals surface area (Å²) < 4.78 is 5.13. The largest absolute Gasteiger partial charge is 0.459 e. The van der Waals surface area contributed by atoms with Crippen LogP contribution in [0.3, 0.4) is 0 Å². The van der Waals surface area contributed by atoms with E-state index in [1.807, 2.05) is 18.2 Å². The van der Waals surface area contributed by atoms with Gasteiger partial charge in [0.05, 0.1) is 0 Å². The molecule has 100 valence electrons.